The molecular formula is C32H29FOS. The number of rotatable bonds is 10. The van der Waals surface area contributed by atoms with E-state index >= 15 is 0 Å². The first-order valence-electron chi connectivity index (χ1n) is 11.9. The molecule has 3 heteroatoms. The number of benzene rings is 4. The molecule has 0 heterocycles. The van der Waals surface area contributed by atoms with Gasteiger partial charge in [0, 0.05) is 6.42 Å². The lowest BCUT2D eigenvalue weighted by Crippen LogP contribution is -2.01. The molecule has 35 heavy (non-hydrogen) atoms. The predicted molar refractivity (Wildman–Crippen MR) is 148 cm³/mol. The average molecular weight is 481 g/mol. The third-order valence-corrected chi connectivity index (χ3v) is 6.41. The summed E-state index contributed by atoms with van der Waals surface area (Å²) in [4.78, 5) is 0.995. The molecule has 0 fully saturated rings. The van der Waals surface area contributed by atoms with Gasteiger partial charge in [0.25, 0.3) is 0 Å². The van der Waals surface area contributed by atoms with Crippen LogP contribution in [0.25, 0.3) is 11.1 Å². The molecule has 0 saturated heterocycles. The van der Waals surface area contributed by atoms with Crippen LogP contribution in [0.1, 0.15) is 41.5 Å². The lowest BCUT2D eigenvalue weighted by Gasteiger charge is -2.18. The molecule has 0 spiro atoms. The molecule has 0 bridgehead atoms. The second-order valence-corrected chi connectivity index (χ2v) is 9.09. The van der Waals surface area contributed by atoms with E-state index in [9.17, 15) is 4.39 Å². The lowest BCUT2D eigenvalue weighted by molar-refractivity contribution is 0.415. The van der Waals surface area contributed by atoms with Gasteiger partial charge in [-0.2, -0.15) is 0 Å². The zero-order chi connectivity index (χ0) is 24.5. The van der Waals surface area contributed by atoms with E-state index in [4.69, 9.17) is 17.0 Å². The molecule has 0 saturated carbocycles. The largest absolute Gasteiger partial charge is 0.497 e. The van der Waals surface area contributed by atoms with Gasteiger partial charge in [-0.25, -0.2) is 4.39 Å². The molecule has 1 nitrogen and oxygen atoms in total. The number of ether oxygens (including phenoxy) is 1. The molecule has 4 aromatic carbocycles. The fourth-order valence-electron chi connectivity index (χ4n) is 4.31. The molecule has 0 aromatic heterocycles. The van der Waals surface area contributed by atoms with Gasteiger partial charge in [0.15, 0.2) is 0 Å². The van der Waals surface area contributed by atoms with Crippen molar-refractivity contribution in [1.82, 2.24) is 0 Å². The first kappa shape index (κ1) is 24.6. The lowest BCUT2D eigenvalue weighted by atomic mass is 9.86. The normalized spacial score (nSPS) is 11.6. The first-order valence-corrected chi connectivity index (χ1v) is 12.3. The van der Waals surface area contributed by atoms with Gasteiger partial charge in [-0.05, 0) is 81.8 Å². The summed E-state index contributed by atoms with van der Waals surface area (Å²) in [5, 5.41) is 0. The summed E-state index contributed by atoms with van der Waals surface area (Å²) in [5.74, 6) is 0.623. The molecule has 0 atom stereocenters. The molecular weight excluding hydrogens is 451 g/mol. The van der Waals surface area contributed by atoms with E-state index in [1.165, 1.54) is 34.4 Å². The van der Waals surface area contributed by atoms with Gasteiger partial charge in [0.1, 0.15) is 11.6 Å². The van der Waals surface area contributed by atoms with Crippen molar-refractivity contribution in [3.05, 3.63) is 137 Å². The van der Waals surface area contributed by atoms with Crippen LogP contribution in [-0.2, 0) is 6.42 Å². The zero-order valence-corrected chi connectivity index (χ0v) is 20.7. The van der Waals surface area contributed by atoms with Crippen molar-refractivity contribution in [2.45, 2.75) is 25.7 Å². The van der Waals surface area contributed by atoms with Crippen molar-refractivity contribution in [2.24, 2.45) is 0 Å². The maximum absolute atomic E-state index is 13.2. The summed E-state index contributed by atoms with van der Waals surface area (Å²) in [6, 6.07) is 36.0. The first-order chi connectivity index (χ1) is 17.1. The molecule has 0 radical (unpaired) electrons. The van der Waals surface area contributed by atoms with Gasteiger partial charge in [-0.1, -0.05) is 97.1 Å². The number of hydrogen-bond donors (Lipinski definition) is 0. The summed E-state index contributed by atoms with van der Waals surface area (Å²) in [6.45, 7) is 0. The fourth-order valence-corrected chi connectivity index (χ4v) is 4.62. The van der Waals surface area contributed by atoms with E-state index in [1.54, 1.807) is 7.11 Å². The van der Waals surface area contributed by atoms with Crippen molar-refractivity contribution in [3.63, 3.8) is 0 Å². The Morgan fingerprint density at radius 1 is 0.686 bits per heavy atom. The van der Waals surface area contributed by atoms with Gasteiger partial charge < -0.3 is 4.74 Å². The van der Waals surface area contributed by atoms with Crippen LogP contribution in [0.4, 0.5) is 4.39 Å². The van der Waals surface area contributed by atoms with Crippen molar-refractivity contribution in [2.75, 3.05) is 7.11 Å². The third-order valence-electron chi connectivity index (χ3n) is 6.06. The van der Waals surface area contributed by atoms with Gasteiger partial charge >= 0.3 is 0 Å². The molecule has 4 rings (SSSR count). The Labute approximate surface area is 212 Å². The predicted octanol–water partition coefficient (Wildman–Crippen LogP) is 8.58. The highest BCUT2D eigenvalue weighted by Gasteiger charge is 2.15. The van der Waals surface area contributed by atoms with Gasteiger partial charge in [-0.3, -0.25) is 0 Å². The molecule has 0 N–H and O–H groups in total. The molecule has 176 valence electrons. The Morgan fingerprint density at radius 3 is 1.86 bits per heavy atom. The highest BCUT2D eigenvalue weighted by molar-refractivity contribution is 7.80. The monoisotopic (exact) mass is 480 g/mol. The molecule has 0 aliphatic rings. The minimum Gasteiger partial charge on any atom is -0.497 e. The van der Waals surface area contributed by atoms with E-state index < -0.39 is 0 Å². The Kier molecular flexibility index (Phi) is 8.58. The van der Waals surface area contributed by atoms with Gasteiger partial charge in [0.05, 0.1) is 7.11 Å². The smallest absolute Gasteiger partial charge is 0.123 e. The quantitative estimate of drug-likeness (QED) is 0.166. The molecule has 0 aliphatic heterocycles. The van der Waals surface area contributed by atoms with E-state index in [2.05, 4.69) is 66.7 Å². The van der Waals surface area contributed by atoms with E-state index in [-0.39, 0.29) is 5.82 Å². The van der Waals surface area contributed by atoms with E-state index in [0.29, 0.717) is 6.42 Å². The summed E-state index contributed by atoms with van der Waals surface area (Å²) in [7, 11) is 1.69. The Morgan fingerprint density at radius 2 is 1.26 bits per heavy atom. The van der Waals surface area contributed by atoms with E-state index in [0.717, 1.165) is 41.0 Å². The summed E-state index contributed by atoms with van der Waals surface area (Å²) < 4.78 is 18.6. The summed E-state index contributed by atoms with van der Waals surface area (Å²) in [6.07, 6.45) is 3.37. The summed E-state index contributed by atoms with van der Waals surface area (Å²) >= 11 is 5.69. The number of hydrogen-bond acceptors (Lipinski definition) is 2. The second-order valence-electron chi connectivity index (χ2n) is 8.51. The standard InChI is InChI=1S/C32H29FOS/c1-34-29-21-17-27(18-22-29)32(26-11-6-3-7-12-26)31(25-9-4-2-5-10-25)14-8-13-30(35)23-24-15-19-28(33)20-16-24/h2-7,9-12,15-22H,8,13-14,23H2,1H3/b32-31-. The highest BCUT2D eigenvalue weighted by Crippen LogP contribution is 2.36. The molecule has 0 amide bonds. The van der Waals surface area contributed by atoms with Crippen molar-refractivity contribution >= 4 is 28.2 Å². The fraction of sp³-hybridized carbons (Fsp3) is 0.156. The minimum absolute atomic E-state index is 0.218. The average Bonchev–Trinajstić information content (AvgIpc) is 2.91. The van der Waals surface area contributed by atoms with Crippen LogP contribution in [0.3, 0.4) is 0 Å². The molecule has 0 unspecified atom stereocenters. The van der Waals surface area contributed by atoms with Crippen LogP contribution in [-0.4, -0.2) is 12.0 Å². The topological polar surface area (TPSA) is 9.23 Å². The van der Waals surface area contributed by atoms with Crippen LogP contribution < -0.4 is 4.74 Å². The van der Waals surface area contributed by atoms with Gasteiger partial charge in [0.2, 0.25) is 0 Å². The zero-order valence-electron chi connectivity index (χ0n) is 19.9. The number of allylic oxidation sites excluding steroid dienone is 1. The number of thiocarbonyl (C=S) groups is 1. The number of methoxy groups -OCH3 is 1. The van der Waals surface area contributed by atoms with Crippen LogP contribution in [0.5, 0.6) is 5.75 Å². The molecule has 4 aromatic rings. The van der Waals surface area contributed by atoms with Crippen LogP contribution in [0.15, 0.2) is 109 Å². The van der Waals surface area contributed by atoms with E-state index in [1.807, 2.05) is 30.3 Å². The second kappa shape index (κ2) is 12.2. The number of halogens is 1. The van der Waals surface area contributed by atoms with Crippen LogP contribution in [0, 0.1) is 5.82 Å². The van der Waals surface area contributed by atoms with Crippen molar-refractivity contribution in [3.8, 4) is 5.75 Å². The van der Waals surface area contributed by atoms with Crippen molar-refractivity contribution < 1.29 is 9.13 Å². The minimum atomic E-state index is -0.218. The molecule has 0 aliphatic carbocycles. The van der Waals surface area contributed by atoms with Crippen LogP contribution in [0.2, 0.25) is 0 Å². The maximum Gasteiger partial charge on any atom is 0.123 e. The summed E-state index contributed by atoms with van der Waals surface area (Å²) in [5.41, 5.74) is 7.13. The highest BCUT2D eigenvalue weighted by atomic mass is 32.1. The SMILES string of the molecule is COc1ccc(/C(=C(/CCCC(=S)Cc2ccc(F)cc2)c2ccccc2)c2ccccc2)cc1. The van der Waals surface area contributed by atoms with Crippen molar-refractivity contribution in [1.29, 1.82) is 0 Å². The Balaban J connectivity index is 1.65. The Hall–Kier alpha value is -3.56. The Bertz CT molecular complexity index is 1260. The maximum atomic E-state index is 13.2. The van der Waals surface area contributed by atoms with Gasteiger partial charge in [-0.15, -0.1) is 0 Å². The third kappa shape index (κ3) is 6.74. The van der Waals surface area contributed by atoms with Crippen LogP contribution >= 0.6 is 12.2 Å².